The molecule has 0 unspecified atom stereocenters. The lowest BCUT2D eigenvalue weighted by Crippen LogP contribution is -2.33. The summed E-state index contributed by atoms with van der Waals surface area (Å²) >= 11 is 0. The average molecular weight is 234 g/mol. The van der Waals surface area contributed by atoms with Crippen LogP contribution >= 0.6 is 0 Å². The molecule has 2 bridgehead atoms. The summed E-state index contributed by atoms with van der Waals surface area (Å²) in [4.78, 5) is 23.3. The number of nitriles is 1. The molecule has 0 saturated heterocycles. The van der Waals surface area contributed by atoms with Gasteiger partial charge in [-0.25, -0.2) is 0 Å². The highest BCUT2D eigenvalue weighted by Crippen LogP contribution is 2.49. The SMILES string of the molecule is CNC(=O)[C@@H](C#N)C(=O)C[C@H]1C[C@H]2CC[C@H]1C2. The van der Waals surface area contributed by atoms with Crippen molar-refractivity contribution in [2.75, 3.05) is 7.05 Å². The van der Waals surface area contributed by atoms with Crippen molar-refractivity contribution < 1.29 is 9.59 Å². The molecule has 2 rings (SSSR count). The molecule has 0 aromatic carbocycles. The van der Waals surface area contributed by atoms with Crippen LogP contribution in [0.5, 0.6) is 0 Å². The molecular formula is C13H18N2O2. The fourth-order valence-electron chi connectivity index (χ4n) is 3.42. The molecule has 92 valence electrons. The first-order valence-electron chi connectivity index (χ1n) is 6.29. The number of nitrogens with one attached hydrogen (secondary N) is 1. The molecule has 0 radical (unpaired) electrons. The Morgan fingerprint density at radius 2 is 2.18 bits per heavy atom. The second-order valence-corrected chi connectivity index (χ2v) is 5.28. The molecule has 0 spiro atoms. The van der Waals surface area contributed by atoms with Gasteiger partial charge in [0.2, 0.25) is 5.91 Å². The zero-order valence-electron chi connectivity index (χ0n) is 10.1. The lowest BCUT2D eigenvalue weighted by atomic mass is 9.83. The predicted molar refractivity (Wildman–Crippen MR) is 61.7 cm³/mol. The van der Waals surface area contributed by atoms with E-state index in [1.807, 2.05) is 6.07 Å². The largest absolute Gasteiger partial charge is 0.358 e. The van der Waals surface area contributed by atoms with E-state index in [0.717, 1.165) is 12.3 Å². The van der Waals surface area contributed by atoms with Gasteiger partial charge >= 0.3 is 0 Å². The second-order valence-electron chi connectivity index (χ2n) is 5.28. The van der Waals surface area contributed by atoms with Crippen molar-refractivity contribution >= 4 is 11.7 Å². The van der Waals surface area contributed by atoms with E-state index in [4.69, 9.17) is 5.26 Å². The van der Waals surface area contributed by atoms with E-state index in [1.54, 1.807) is 0 Å². The Bertz CT molecular complexity index is 372. The molecule has 2 aliphatic carbocycles. The van der Waals surface area contributed by atoms with E-state index in [-0.39, 0.29) is 5.78 Å². The van der Waals surface area contributed by atoms with E-state index in [1.165, 1.54) is 26.3 Å². The van der Waals surface area contributed by atoms with Gasteiger partial charge in [-0.05, 0) is 37.0 Å². The van der Waals surface area contributed by atoms with Crippen LogP contribution in [0.3, 0.4) is 0 Å². The predicted octanol–water partition coefficient (Wildman–Crippen LogP) is 1.27. The van der Waals surface area contributed by atoms with Crippen LogP contribution in [0.25, 0.3) is 0 Å². The third-order valence-electron chi connectivity index (χ3n) is 4.31. The number of nitrogens with zero attached hydrogens (tertiary/aromatic N) is 1. The van der Waals surface area contributed by atoms with Crippen molar-refractivity contribution in [1.82, 2.24) is 5.32 Å². The molecular weight excluding hydrogens is 216 g/mol. The zero-order chi connectivity index (χ0) is 12.4. The van der Waals surface area contributed by atoms with Gasteiger partial charge in [-0.1, -0.05) is 6.42 Å². The number of Topliss-reactive ketones (excluding diaryl/α,β-unsaturated/α-hetero) is 1. The molecule has 17 heavy (non-hydrogen) atoms. The number of hydrogen-bond donors (Lipinski definition) is 1. The van der Waals surface area contributed by atoms with Crippen LogP contribution in [0.15, 0.2) is 0 Å². The number of rotatable bonds is 4. The standard InChI is InChI=1S/C13H18N2O2/c1-15-13(17)11(7-14)12(16)6-10-5-8-2-3-9(10)4-8/h8-11H,2-6H2,1H3,(H,15,17)/t8-,9-,10+,11-/m0/s1. The average Bonchev–Trinajstić information content (AvgIpc) is 2.91. The summed E-state index contributed by atoms with van der Waals surface area (Å²) in [7, 11) is 1.46. The highest BCUT2D eigenvalue weighted by atomic mass is 16.2. The Morgan fingerprint density at radius 1 is 1.41 bits per heavy atom. The minimum Gasteiger partial charge on any atom is -0.358 e. The van der Waals surface area contributed by atoms with Gasteiger partial charge in [0, 0.05) is 13.5 Å². The van der Waals surface area contributed by atoms with Crippen LogP contribution in [-0.2, 0) is 9.59 Å². The number of ketones is 1. The van der Waals surface area contributed by atoms with Crippen molar-refractivity contribution in [1.29, 1.82) is 5.26 Å². The number of carbonyl (C=O) groups is 2. The minimum atomic E-state index is -1.11. The van der Waals surface area contributed by atoms with Crippen molar-refractivity contribution in [2.24, 2.45) is 23.7 Å². The summed E-state index contributed by atoms with van der Waals surface area (Å²) < 4.78 is 0. The number of carbonyl (C=O) groups excluding carboxylic acids is 2. The smallest absolute Gasteiger partial charge is 0.244 e. The Kier molecular flexibility index (Phi) is 3.46. The van der Waals surface area contributed by atoms with Crippen LogP contribution in [-0.4, -0.2) is 18.7 Å². The molecule has 2 aliphatic rings. The molecule has 0 heterocycles. The van der Waals surface area contributed by atoms with Gasteiger partial charge in [0.25, 0.3) is 0 Å². The van der Waals surface area contributed by atoms with E-state index >= 15 is 0 Å². The van der Waals surface area contributed by atoms with Crippen LogP contribution in [0.4, 0.5) is 0 Å². The fourth-order valence-corrected chi connectivity index (χ4v) is 3.42. The topological polar surface area (TPSA) is 70.0 Å². The van der Waals surface area contributed by atoms with E-state index in [0.29, 0.717) is 18.3 Å². The summed E-state index contributed by atoms with van der Waals surface area (Å²) in [6.45, 7) is 0. The zero-order valence-corrected chi connectivity index (χ0v) is 10.1. The number of hydrogen-bond acceptors (Lipinski definition) is 3. The van der Waals surface area contributed by atoms with Gasteiger partial charge in [-0.2, -0.15) is 5.26 Å². The molecule has 0 aromatic heterocycles. The van der Waals surface area contributed by atoms with E-state index < -0.39 is 11.8 Å². The molecule has 2 saturated carbocycles. The van der Waals surface area contributed by atoms with Crippen molar-refractivity contribution in [3.63, 3.8) is 0 Å². The van der Waals surface area contributed by atoms with Crippen molar-refractivity contribution in [3.8, 4) is 6.07 Å². The van der Waals surface area contributed by atoms with E-state index in [2.05, 4.69) is 5.32 Å². The third-order valence-corrected chi connectivity index (χ3v) is 4.31. The summed E-state index contributed by atoms with van der Waals surface area (Å²) in [5.74, 6) is 0.0808. The van der Waals surface area contributed by atoms with Gasteiger partial charge in [0.1, 0.15) is 0 Å². The second kappa shape index (κ2) is 4.87. The molecule has 4 nitrogen and oxygen atoms in total. The maximum absolute atomic E-state index is 11.9. The molecule has 0 aliphatic heterocycles. The molecule has 0 aromatic rings. The molecule has 4 heteroatoms. The third kappa shape index (κ3) is 2.33. The molecule has 1 amide bonds. The first kappa shape index (κ1) is 12.1. The molecule has 4 atom stereocenters. The summed E-state index contributed by atoms with van der Waals surface area (Å²) in [6.07, 6.45) is 5.29. The Hall–Kier alpha value is -1.37. The summed E-state index contributed by atoms with van der Waals surface area (Å²) in [5.41, 5.74) is 0. The minimum absolute atomic E-state index is 0.204. The monoisotopic (exact) mass is 234 g/mol. The Balaban J connectivity index is 1.92. The maximum atomic E-state index is 11.9. The highest BCUT2D eigenvalue weighted by Gasteiger charge is 2.41. The fraction of sp³-hybridized carbons (Fsp3) is 0.769. The van der Waals surface area contributed by atoms with E-state index in [9.17, 15) is 9.59 Å². The lowest BCUT2D eigenvalue weighted by molar-refractivity contribution is -0.132. The van der Waals surface area contributed by atoms with Crippen LogP contribution in [0.1, 0.15) is 32.1 Å². The lowest BCUT2D eigenvalue weighted by Gasteiger charge is -2.21. The Labute approximate surface area is 101 Å². The van der Waals surface area contributed by atoms with Gasteiger partial charge in [-0.3, -0.25) is 9.59 Å². The van der Waals surface area contributed by atoms with Crippen molar-refractivity contribution in [2.45, 2.75) is 32.1 Å². The maximum Gasteiger partial charge on any atom is 0.244 e. The quantitative estimate of drug-likeness (QED) is 0.745. The van der Waals surface area contributed by atoms with Gasteiger partial charge in [-0.15, -0.1) is 0 Å². The number of fused-ring (bicyclic) bond motifs is 2. The summed E-state index contributed by atoms with van der Waals surface area (Å²) in [6, 6.07) is 1.81. The van der Waals surface area contributed by atoms with Crippen LogP contribution < -0.4 is 5.32 Å². The normalized spacial score (nSPS) is 31.9. The van der Waals surface area contributed by atoms with Gasteiger partial charge in [0.05, 0.1) is 6.07 Å². The first-order valence-corrected chi connectivity index (χ1v) is 6.29. The summed E-state index contributed by atoms with van der Waals surface area (Å²) in [5, 5.41) is 11.2. The molecule has 1 N–H and O–H groups in total. The van der Waals surface area contributed by atoms with Crippen molar-refractivity contribution in [3.05, 3.63) is 0 Å². The van der Waals surface area contributed by atoms with Crippen LogP contribution in [0.2, 0.25) is 0 Å². The highest BCUT2D eigenvalue weighted by molar-refractivity contribution is 6.03. The van der Waals surface area contributed by atoms with Gasteiger partial charge in [0.15, 0.2) is 11.7 Å². The van der Waals surface area contributed by atoms with Crippen LogP contribution in [0, 0.1) is 35.0 Å². The Morgan fingerprint density at radius 3 is 2.65 bits per heavy atom. The number of amides is 1. The molecule has 2 fully saturated rings. The van der Waals surface area contributed by atoms with Gasteiger partial charge < -0.3 is 5.32 Å². The first-order chi connectivity index (χ1) is 8.15.